The minimum atomic E-state index is -3.27. The summed E-state index contributed by atoms with van der Waals surface area (Å²) in [6, 6.07) is 3.91. The molecule has 0 spiro atoms. The molecular formula is C18H25ClF2N2O2. The molecule has 1 fully saturated rings. The molecule has 0 bridgehead atoms. The van der Waals surface area contributed by atoms with Gasteiger partial charge in [-0.2, -0.15) is 0 Å². The van der Waals surface area contributed by atoms with Gasteiger partial charge in [-0.3, -0.25) is 4.79 Å². The number of likely N-dealkylation sites (tertiary alicyclic amines) is 1. The highest BCUT2D eigenvalue weighted by atomic mass is 35.5. The van der Waals surface area contributed by atoms with Crippen molar-refractivity contribution in [3.63, 3.8) is 0 Å². The Morgan fingerprint density at radius 3 is 2.72 bits per heavy atom. The fraction of sp³-hybridized carbons (Fsp3) is 0.611. The SMILES string of the molecule is CCCCOc1cc(C(F)(F)CC(=O)N2CCC(N)CC2)ccc1Cl. The molecule has 1 saturated heterocycles. The maximum atomic E-state index is 14.6. The van der Waals surface area contributed by atoms with Crippen LogP contribution in [0.1, 0.15) is 44.6 Å². The van der Waals surface area contributed by atoms with Gasteiger partial charge in [0, 0.05) is 24.7 Å². The summed E-state index contributed by atoms with van der Waals surface area (Å²) in [7, 11) is 0. The fourth-order valence-corrected chi connectivity index (χ4v) is 2.89. The lowest BCUT2D eigenvalue weighted by molar-refractivity contribution is -0.140. The molecule has 0 radical (unpaired) electrons. The number of ether oxygens (including phenoxy) is 1. The molecule has 0 saturated carbocycles. The predicted octanol–water partition coefficient (Wildman–Crippen LogP) is 3.95. The van der Waals surface area contributed by atoms with Crippen molar-refractivity contribution in [1.82, 2.24) is 4.90 Å². The van der Waals surface area contributed by atoms with Crippen LogP contribution in [0.4, 0.5) is 8.78 Å². The number of nitrogens with two attached hydrogens (primary N) is 1. The summed E-state index contributed by atoms with van der Waals surface area (Å²) in [6.07, 6.45) is 2.17. The highest BCUT2D eigenvalue weighted by Crippen LogP contribution is 2.37. The fourth-order valence-electron chi connectivity index (χ4n) is 2.72. The van der Waals surface area contributed by atoms with Crippen molar-refractivity contribution in [3.05, 3.63) is 28.8 Å². The third-order valence-corrected chi connectivity index (χ3v) is 4.69. The maximum Gasteiger partial charge on any atom is 0.282 e. The van der Waals surface area contributed by atoms with Crippen molar-refractivity contribution in [2.24, 2.45) is 5.73 Å². The monoisotopic (exact) mass is 374 g/mol. The number of unbranched alkanes of at least 4 members (excludes halogenated alkanes) is 1. The largest absolute Gasteiger partial charge is 0.492 e. The number of carbonyl (C=O) groups is 1. The molecule has 2 rings (SSSR count). The molecule has 25 heavy (non-hydrogen) atoms. The van der Waals surface area contributed by atoms with Gasteiger partial charge in [0.1, 0.15) is 5.75 Å². The predicted molar refractivity (Wildman–Crippen MR) is 94.2 cm³/mol. The van der Waals surface area contributed by atoms with Crippen molar-refractivity contribution >= 4 is 17.5 Å². The number of halogens is 3. The molecule has 1 heterocycles. The number of carbonyl (C=O) groups excluding carboxylic acids is 1. The maximum absolute atomic E-state index is 14.6. The topological polar surface area (TPSA) is 55.6 Å². The molecule has 7 heteroatoms. The third-order valence-electron chi connectivity index (χ3n) is 4.37. The molecule has 1 aliphatic heterocycles. The molecule has 0 unspecified atom stereocenters. The molecule has 1 aliphatic rings. The molecule has 140 valence electrons. The van der Waals surface area contributed by atoms with Gasteiger partial charge < -0.3 is 15.4 Å². The van der Waals surface area contributed by atoms with E-state index in [4.69, 9.17) is 22.1 Å². The van der Waals surface area contributed by atoms with E-state index in [1.54, 1.807) is 0 Å². The number of hydrogen-bond acceptors (Lipinski definition) is 3. The summed E-state index contributed by atoms with van der Waals surface area (Å²) in [5, 5.41) is 0.284. The van der Waals surface area contributed by atoms with E-state index in [0.717, 1.165) is 12.8 Å². The van der Waals surface area contributed by atoms with Gasteiger partial charge in [-0.1, -0.05) is 31.0 Å². The van der Waals surface area contributed by atoms with Gasteiger partial charge in [-0.05, 0) is 31.4 Å². The second-order valence-electron chi connectivity index (χ2n) is 6.45. The zero-order valence-corrected chi connectivity index (χ0v) is 15.2. The second-order valence-corrected chi connectivity index (χ2v) is 6.85. The van der Waals surface area contributed by atoms with Gasteiger partial charge in [0.25, 0.3) is 5.92 Å². The van der Waals surface area contributed by atoms with Crippen LogP contribution in [0.5, 0.6) is 5.75 Å². The van der Waals surface area contributed by atoms with E-state index in [1.165, 1.54) is 23.1 Å². The summed E-state index contributed by atoms with van der Waals surface area (Å²) in [5.41, 5.74) is 5.52. The Hall–Kier alpha value is -1.40. The first-order chi connectivity index (χ1) is 11.8. The minimum absolute atomic E-state index is 0.0450. The van der Waals surface area contributed by atoms with Gasteiger partial charge in [0.05, 0.1) is 18.1 Å². The Bertz CT molecular complexity index is 590. The van der Waals surface area contributed by atoms with Crippen LogP contribution in [0.15, 0.2) is 18.2 Å². The van der Waals surface area contributed by atoms with Crippen molar-refractivity contribution in [3.8, 4) is 5.75 Å². The third kappa shape index (κ3) is 5.54. The van der Waals surface area contributed by atoms with E-state index in [1.807, 2.05) is 6.92 Å². The van der Waals surface area contributed by atoms with Crippen LogP contribution in [0.3, 0.4) is 0 Å². The van der Waals surface area contributed by atoms with E-state index in [-0.39, 0.29) is 22.4 Å². The molecule has 0 aliphatic carbocycles. The average Bonchev–Trinajstić information content (AvgIpc) is 2.56. The number of hydrogen-bond donors (Lipinski definition) is 1. The summed E-state index contributed by atoms with van der Waals surface area (Å²) >= 11 is 6.01. The first-order valence-corrected chi connectivity index (χ1v) is 9.05. The van der Waals surface area contributed by atoms with E-state index in [9.17, 15) is 13.6 Å². The molecule has 1 aromatic rings. The molecule has 1 amide bonds. The molecule has 2 N–H and O–H groups in total. The van der Waals surface area contributed by atoms with Crippen LogP contribution >= 0.6 is 11.6 Å². The number of amides is 1. The van der Waals surface area contributed by atoms with Crippen molar-refractivity contribution < 1.29 is 18.3 Å². The molecule has 0 aromatic heterocycles. The molecular weight excluding hydrogens is 350 g/mol. The summed E-state index contributed by atoms with van der Waals surface area (Å²) in [6.45, 7) is 3.29. The van der Waals surface area contributed by atoms with Crippen LogP contribution in [0, 0.1) is 0 Å². The lowest BCUT2D eigenvalue weighted by Crippen LogP contribution is -2.44. The second kappa shape index (κ2) is 8.81. The van der Waals surface area contributed by atoms with Gasteiger partial charge >= 0.3 is 0 Å². The Labute approximate surface area is 152 Å². The van der Waals surface area contributed by atoms with Crippen molar-refractivity contribution in [1.29, 1.82) is 0 Å². The normalized spacial score (nSPS) is 16.1. The zero-order valence-electron chi connectivity index (χ0n) is 14.4. The zero-order chi connectivity index (χ0) is 18.4. The summed E-state index contributed by atoms with van der Waals surface area (Å²) in [4.78, 5) is 13.7. The Morgan fingerprint density at radius 2 is 2.08 bits per heavy atom. The Kier molecular flexibility index (Phi) is 7.02. The standard InChI is InChI=1S/C18H25ClF2N2O2/c1-2-3-10-25-16-11-13(4-5-15(16)19)18(20,21)12-17(24)23-8-6-14(22)7-9-23/h4-5,11,14H,2-3,6-10,12,22H2,1H3. The highest BCUT2D eigenvalue weighted by molar-refractivity contribution is 6.32. The van der Waals surface area contributed by atoms with Crippen LogP contribution in [-0.2, 0) is 10.7 Å². The number of piperidine rings is 1. The highest BCUT2D eigenvalue weighted by Gasteiger charge is 2.37. The van der Waals surface area contributed by atoms with Gasteiger partial charge in [0.2, 0.25) is 5.91 Å². The number of alkyl halides is 2. The first-order valence-electron chi connectivity index (χ1n) is 8.67. The Morgan fingerprint density at radius 1 is 1.40 bits per heavy atom. The molecule has 4 nitrogen and oxygen atoms in total. The van der Waals surface area contributed by atoms with E-state index in [2.05, 4.69) is 0 Å². The van der Waals surface area contributed by atoms with Gasteiger partial charge in [0.15, 0.2) is 0 Å². The van der Waals surface area contributed by atoms with E-state index >= 15 is 0 Å². The van der Waals surface area contributed by atoms with Crippen LogP contribution in [0.2, 0.25) is 5.02 Å². The quantitative estimate of drug-likeness (QED) is 0.735. The molecule has 0 atom stereocenters. The van der Waals surface area contributed by atoms with Crippen LogP contribution in [0.25, 0.3) is 0 Å². The first kappa shape index (κ1) is 19.9. The van der Waals surface area contributed by atoms with Crippen molar-refractivity contribution in [2.75, 3.05) is 19.7 Å². The minimum Gasteiger partial charge on any atom is -0.492 e. The number of benzene rings is 1. The Balaban J connectivity index is 2.05. The lowest BCUT2D eigenvalue weighted by Gasteiger charge is -2.31. The van der Waals surface area contributed by atoms with Gasteiger partial charge in [-0.15, -0.1) is 0 Å². The smallest absolute Gasteiger partial charge is 0.282 e. The average molecular weight is 375 g/mol. The summed E-state index contributed by atoms with van der Waals surface area (Å²) < 4.78 is 34.6. The van der Waals surface area contributed by atoms with Crippen LogP contribution in [-0.4, -0.2) is 36.5 Å². The summed E-state index contributed by atoms with van der Waals surface area (Å²) in [5.74, 6) is -3.60. The van der Waals surface area contributed by atoms with Crippen LogP contribution < -0.4 is 10.5 Å². The van der Waals surface area contributed by atoms with Crippen molar-refractivity contribution in [2.45, 2.75) is 51.0 Å². The van der Waals surface area contributed by atoms with Gasteiger partial charge in [-0.25, -0.2) is 8.78 Å². The van der Waals surface area contributed by atoms with E-state index < -0.39 is 18.3 Å². The lowest BCUT2D eigenvalue weighted by atomic mass is 10.0. The number of nitrogens with zero attached hydrogens (tertiary/aromatic N) is 1. The number of rotatable bonds is 7. The molecule has 1 aromatic carbocycles. The van der Waals surface area contributed by atoms with E-state index in [0.29, 0.717) is 32.5 Å².